The van der Waals surface area contributed by atoms with Crippen molar-refractivity contribution in [3.63, 3.8) is 0 Å². The molecule has 2 rings (SSSR count). The Labute approximate surface area is 117 Å². The van der Waals surface area contributed by atoms with E-state index in [1.54, 1.807) is 16.8 Å². The molecule has 1 aromatic carbocycles. The molecule has 1 N–H and O–H groups in total. The smallest absolute Gasteiger partial charge is 0.143 e. The van der Waals surface area contributed by atoms with Crippen LogP contribution in [0, 0.1) is 19.7 Å². The summed E-state index contributed by atoms with van der Waals surface area (Å²) < 4.78 is 15.3. The average molecular weight is 282 g/mol. The number of nitrogens with one attached hydrogen (secondary N) is 1. The Morgan fingerprint density at radius 2 is 2.11 bits per heavy atom. The number of hydrogen-bond donors (Lipinski definition) is 1. The molecule has 0 aliphatic carbocycles. The molecule has 1 aromatic heterocycles. The molecular formula is C14H17ClFN3. The van der Waals surface area contributed by atoms with Crippen molar-refractivity contribution in [2.75, 3.05) is 13.6 Å². The van der Waals surface area contributed by atoms with E-state index in [9.17, 15) is 4.39 Å². The van der Waals surface area contributed by atoms with Gasteiger partial charge < -0.3 is 5.32 Å². The number of aryl methyl sites for hydroxylation is 1. The lowest BCUT2D eigenvalue weighted by Crippen LogP contribution is -2.11. The van der Waals surface area contributed by atoms with Crippen LogP contribution in [-0.4, -0.2) is 23.4 Å². The monoisotopic (exact) mass is 281 g/mol. The van der Waals surface area contributed by atoms with Crippen LogP contribution >= 0.6 is 11.6 Å². The molecule has 0 aliphatic heterocycles. The van der Waals surface area contributed by atoms with Gasteiger partial charge in [0, 0.05) is 11.8 Å². The van der Waals surface area contributed by atoms with Crippen LogP contribution in [0.1, 0.15) is 17.0 Å². The molecule has 0 amide bonds. The highest BCUT2D eigenvalue weighted by atomic mass is 35.5. The van der Waals surface area contributed by atoms with Crippen LogP contribution in [0.4, 0.5) is 4.39 Å². The van der Waals surface area contributed by atoms with E-state index in [0.29, 0.717) is 5.69 Å². The molecule has 0 atom stereocenters. The van der Waals surface area contributed by atoms with E-state index in [1.807, 2.05) is 20.9 Å². The van der Waals surface area contributed by atoms with Crippen molar-refractivity contribution in [3.8, 4) is 5.69 Å². The molecule has 3 nitrogen and oxygen atoms in total. The lowest BCUT2D eigenvalue weighted by Gasteiger charge is -2.06. The highest BCUT2D eigenvalue weighted by Gasteiger charge is 2.13. The molecular weight excluding hydrogens is 265 g/mol. The van der Waals surface area contributed by atoms with Gasteiger partial charge >= 0.3 is 0 Å². The summed E-state index contributed by atoms with van der Waals surface area (Å²) in [6, 6.07) is 4.73. The fourth-order valence-corrected chi connectivity index (χ4v) is 2.27. The second-order valence-electron chi connectivity index (χ2n) is 4.51. The largest absolute Gasteiger partial charge is 0.319 e. The number of nitrogens with zero attached hydrogens (tertiary/aromatic N) is 2. The highest BCUT2D eigenvalue weighted by molar-refractivity contribution is 6.30. The summed E-state index contributed by atoms with van der Waals surface area (Å²) >= 11 is 5.70. The summed E-state index contributed by atoms with van der Waals surface area (Å²) in [5.41, 5.74) is 3.90. The zero-order valence-corrected chi connectivity index (χ0v) is 12.1. The predicted octanol–water partition coefficient (Wildman–Crippen LogP) is 3.04. The average Bonchev–Trinajstić information content (AvgIpc) is 2.66. The predicted molar refractivity (Wildman–Crippen MR) is 75.6 cm³/mol. The molecule has 102 valence electrons. The van der Waals surface area contributed by atoms with Gasteiger partial charge in [0.1, 0.15) is 5.82 Å². The Kier molecular flexibility index (Phi) is 4.22. The van der Waals surface area contributed by atoms with Gasteiger partial charge in [-0.05, 0) is 51.6 Å². The van der Waals surface area contributed by atoms with Crippen LogP contribution in [0.15, 0.2) is 18.2 Å². The summed E-state index contributed by atoms with van der Waals surface area (Å²) in [6.07, 6.45) is 0.907. The minimum atomic E-state index is -0.427. The number of hydrogen-bond acceptors (Lipinski definition) is 2. The molecule has 2 aromatic rings. The Hall–Kier alpha value is -1.39. The first-order valence-corrected chi connectivity index (χ1v) is 6.57. The topological polar surface area (TPSA) is 29.9 Å². The first kappa shape index (κ1) is 14.0. The van der Waals surface area contributed by atoms with E-state index < -0.39 is 5.82 Å². The molecule has 0 bridgehead atoms. The zero-order valence-electron chi connectivity index (χ0n) is 11.3. The van der Waals surface area contributed by atoms with E-state index in [1.165, 1.54) is 11.6 Å². The van der Waals surface area contributed by atoms with Gasteiger partial charge in [-0.1, -0.05) is 11.6 Å². The molecule has 0 spiro atoms. The van der Waals surface area contributed by atoms with Crippen LogP contribution in [0.2, 0.25) is 5.02 Å². The van der Waals surface area contributed by atoms with E-state index in [2.05, 4.69) is 10.4 Å². The Bertz CT molecular complexity index is 593. The van der Waals surface area contributed by atoms with Crippen molar-refractivity contribution < 1.29 is 4.39 Å². The molecule has 0 saturated heterocycles. The number of benzene rings is 1. The van der Waals surface area contributed by atoms with Crippen molar-refractivity contribution in [2.24, 2.45) is 0 Å². The number of likely N-dealkylation sites (N-methyl/N-ethyl adjacent to an activating group) is 1. The van der Waals surface area contributed by atoms with E-state index in [-0.39, 0.29) is 5.02 Å². The second kappa shape index (κ2) is 5.72. The van der Waals surface area contributed by atoms with Gasteiger partial charge in [0.15, 0.2) is 0 Å². The Morgan fingerprint density at radius 3 is 2.74 bits per heavy atom. The number of halogens is 2. The van der Waals surface area contributed by atoms with Crippen LogP contribution in [-0.2, 0) is 6.42 Å². The highest BCUT2D eigenvalue weighted by Crippen LogP contribution is 2.22. The Balaban J connectivity index is 2.42. The Morgan fingerprint density at radius 1 is 1.37 bits per heavy atom. The van der Waals surface area contributed by atoms with Gasteiger partial charge in [-0.15, -0.1) is 0 Å². The maximum atomic E-state index is 13.5. The molecule has 5 heteroatoms. The molecule has 19 heavy (non-hydrogen) atoms. The van der Waals surface area contributed by atoms with Crippen LogP contribution < -0.4 is 5.32 Å². The van der Waals surface area contributed by atoms with Crippen molar-refractivity contribution in [2.45, 2.75) is 20.3 Å². The molecule has 0 saturated carbocycles. The van der Waals surface area contributed by atoms with E-state index >= 15 is 0 Å². The van der Waals surface area contributed by atoms with Crippen molar-refractivity contribution in [1.29, 1.82) is 0 Å². The lowest BCUT2D eigenvalue weighted by molar-refractivity contribution is 0.625. The molecule has 0 aliphatic rings. The van der Waals surface area contributed by atoms with Gasteiger partial charge in [0.2, 0.25) is 0 Å². The van der Waals surface area contributed by atoms with Gasteiger partial charge in [-0.25, -0.2) is 9.07 Å². The van der Waals surface area contributed by atoms with Crippen molar-refractivity contribution in [3.05, 3.63) is 46.0 Å². The van der Waals surface area contributed by atoms with Gasteiger partial charge in [0.25, 0.3) is 0 Å². The third kappa shape index (κ3) is 2.80. The number of aromatic nitrogens is 2. The lowest BCUT2D eigenvalue weighted by atomic mass is 10.1. The van der Waals surface area contributed by atoms with E-state index in [0.717, 1.165) is 24.4 Å². The minimum Gasteiger partial charge on any atom is -0.319 e. The molecule has 1 heterocycles. The van der Waals surface area contributed by atoms with Crippen molar-refractivity contribution >= 4 is 11.6 Å². The van der Waals surface area contributed by atoms with Gasteiger partial charge in [-0.2, -0.15) is 5.10 Å². The number of rotatable bonds is 4. The SMILES string of the molecule is CNCCc1c(C)nn(-c2ccc(Cl)c(F)c2)c1C. The van der Waals surface area contributed by atoms with Crippen molar-refractivity contribution in [1.82, 2.24) is 15.1 Å². The molecule has 0 fully saturated rings. The maximum Gasteiger partial charge on any atom is 0.143 e. The first-order valence-electron chi connectivity index (χ1n) is 6.19. The fraction of sp³-hybridized carbons (Fsp3) is 0.357. The minimum absolute atomic E-state index is 0.126. The molecule has 0 radical (unpaired) electrons. The van der Waals surface area contributed by atoms with Crippen LogP contribution in [0.5, 0.6) is 0 Å². The normalized spacial score (nSPS) is 11.0. The summed E-state index contributed by atoms with van der Waals surface area (Å²) in [5.74, 6) is -0.427. The van der Waals surface area contributed by atoms with Gasteiger partial charge in [-0.3, -0.25) is 0 Å². The maximum absolute atomic E-state index is 13.5. The quantitative estimate of drug-likeness (QED) is 0.933. The fourth-order valence-electron chi connectivity index (χ4n) is 2.15. The summed E-state index contributed by atoms with van der Waals surface area (Å²) in [6.45, 7) is 4.86. The van der Waals surface area contributed by atoms with E-state index in [4.69, 9.17) is 11.6 Å². The van der Waals surface area contributed by atoms with Gasteiger partial charge in [0.05, 0.1) is 16.4 Å². The standard InChI is InChI=1S/C14H17ClFN3/c1-9-12(6-7-17-3)10(2)19(18-9)11-4-5-13(15)14(16)8-11/h4-5,8,17H,6-7H2,1-3H3. The third-order valence-electron chi connectivity index (χ3n) is 3.21. The van der Waals surface area contributed by atoms with Crippen LogP contribution in [0.25, 0.3) is 5.69 Å². The van der Waals surface area contributed by atoms with Crippen LogP contribution in [0.3, 0.4) is 0 Å². The zero-order chi connectivity index (χ0) is 14.0. The summed E-state index contributed by atoms with van der Waals surface area (Å²) in [5, 5.41) is 7.73. The molecule has 0 unspecified atom stereocenters. The third-order valence-corrected chi connectivity index (χ3v) is 3.52. The second-order valence-corrected chi connectivity index (χ2v) is 4.92. The first-order chi connectivity index (χ1) is 9.04. The summed E-state index contributed by atoms with van der Waals surface area (Å²) in [7, 11) is 1.92. The summed E-state index contributed by atoms with van der Waals surface area (Å²) in [4.78, 5) is 0.